The average Bonchev–Trinajstić information content (AvgIpc) is 3.24. The number of hydrogen-bond acceptors (Lipinski definition) is 6. The first-order valence-electron chi connectivity index (χ1n) is 9.65. The summed E-state index contributed by atoms with van der Waals surface area (Å²) in [6, 6.07) is 18.4. The van der Waals surface area contributed by atoms with Crippen molar-refractivity contribution in [3.8, 4) is 5.75 Å². The van der Waals surface area contributed by atoms with Gasteiger partial charge in [0.25, 0.3) is 5.91 Å². The van der Waals surface area contributed by atoms with Crippen molar-refractivity contribution in [1.82, 2.24) is 10.4 Å². The molecule has 0 saturated carbocycles. The van der Waals surface area contributed by atoms with Crippen LogP contribution < -0.4 is 10.2 Å². The third-order valence-electron chi connectivity index (χ3n) is 4.41. The first-order chi connectivity index (χ1) is 16.0. The predicted octanol–water partition coefficient (Wildman–Crippen LogP) is 7.08. The molecule has 10 heteroatoms. The molecule has 0 bridgehead atoms. The number of nitrogens with one attached hydrogen (secondary N) is 1. The average molecular weight is 537 g/mol. The van der Waals surface area contributed by atoms with E-state index in [-0.39, 0.29) is 18.3 Å². The summed E-state index contributed by atoms with van der Waals surface area (Å²) in [4.78, 5) is 16.6. The predicted molar refractivity (Wildman–Crippen MR) is 138 cm³/mol. The monoisotopic (exact) mass is 535 g/mol. The van der Waals surface area contributed by atoms with Gasteiger partial charge in [0.1, 0.15) is 12.4 Å². The van der Waals surface area contributed by atoms with Crippen LogP contribution in [0.3, 0.4) is 0 Å². The lowest BCUT2D eigenvalue weighted by Crippen LogP contribution is -2.19. The van der Waals surface area contributed by atoms with E-state index >= 15 is 0 Å². The van der Waals surface area contributed by atoms with E-state index in [0.717, 1.165) is 20.1 Å². The molecule has 5 nitrogen and oxygen atoms in total. The number of aromatic nitrogens is 1. The van der Waals surface area contributed by atoms with Gasteiger partial charge >= 0.3 is 0 Å². The van der Waals surface area contributed by atoms with E-state index in [4.69, 9.17) is 39.5 Å². The smallest absolute Gasteiger partial charge is 0.250 e. The zero-order chi connectivity index (χ0) is 23.2. The summed E-state index contributed by atoms with van der Waals surface area (Å²) in [5, 5.41) is 5.30. The van der Waals surface area contributed by atoms with Crippen LogP contribution >= 0.6 is 57.9 Å². The lowest BCUT2D eigenvalue weighted by atomic mass is 10.2. The fourth-order valence-electron chi connectivity index (χ4n) is 2.76. The Balaban J connectivity index is 1.25. The standard InChI is InChI=1S/C23H16Cl3N3O2S2/c24-17-9-10-18(25)22(26)16(17)12-31-15-7-5-14(6-8-15)11-27-29-21(30)13-32-23-28-19-3-1-2-4-20(19)33-23/h1-11H,12-13H2,(H,29,30)/b27-11+. The number of nitrogens with zero attached hydrogens (tertiary/aromatic N) is 2. The number of fused-ring (bicyclic) bond motifs is 1. The molecule has 0 aliphatic carbocycles. The number of carbonyl (C=O) groups excluding carboxylic acids is 1. The minimum Gasteiger partial charge on any atom is -0.489 e. The molecule has 1 amide bonds. The van der Waals surface area contributed by atoms with Crippen LogP contribution in [-0.2, 0) is 11.4 Å². The Morgan fingerprint density at radius 1 is 1.06 bits per heavy atom. The van der Waals surface area contributed by atoms with Gasteiger partial charge < -0.3 is 4.74 Å². The molecule has 3 aromatic carbocycles. The molecule has 0 radical (unpaired) electrons. The third-order valence-corrected chi connectivity index (χ3v) is 7.78. The van der Waals surface area contributed by atoms with Crippen LogP contribution in [0.5, 0.6) is 5.75 Å². The van der Waals surface area contributed by atoms with Crippen molar-refractivity contribution < 1.29 is 9.53 Å². The van der Waals surface area contributed by atoms with Gasteiger partial charge in [-0.05, 0) is 54.1 Å². The fourth-order valence-corrected chi connectivity index (χ4v) is 5.28. The molecule has 0 atom stereocenters. The van der Waals surface area contributed by atoms with Crippen molar-refractivity contribution in [2.45, 2.75) is 10.9 Å². The van der Waals surface area contributed by atoms with E-state index in [1.165, 1.54) is 11.8 Å². The molecule has 0 unspecified atom stereocenters. The second-order valence-corrected chi connectivity index (χ2v) is 10.2. The normalized spacial score (nSPS) is 11.2. The van der Waals surface area contributed by atoms with Crippen molar-refractivity contribution in [1.29, 1.82) is 0 Å². The van der Waals surface area contributed by atoms with E-state index in [9.17, 15) is 4.79 Å². The van der Waals surface area contributed by atoms with Gasteiger partial charge in [-0.1, -0.05) is 58.7 Å². The van der Waals surface area contributed by atoms with Gasteiger partial charge in [0.05, 0.1) is 32.2 Å². The van der Waals surface area contributed by atoms with Gasteiger partial charge in [-0.3, -0.25) is 4.79 Å². The summed E-state index contributed by atoms with van der Waals surface area (Å²) in [6.07, 6.45) is 1.56. The van der Waals surface area contributed by atoms with Gasteiger partial charge in [0.15, 0.2) is 4.34 Å². The van der Waals surface area contributed by atoms with Crippen LogP contribution in [0.15, 0.2) is 70.1 Å². The van der Waals surface area contributed by atoms with E-state index in [0.29, 0.717) is 26.4 Å². The Morgan fingerprint density at radius 3 is 2.61 bits per heavy atom. The maximum Gasteiger partial charge on any atom is 0.250 e. The van der Waals surface area contributed by atoms with E-state index in [2.05, 4.69) is 15.5 Å². The number of halogens is 3. The Hall–Kier alpha value is -2.29. The molecule has 0 saturated heterocycles. The summed E-state index contributed by atoms with van der Waals surface area (Å²) in [6.45, 7) is 0.189. The van der Waals surface area contributed by atoms with Crippen LogP contribution in [0.1, 0.15) is 11.1 Å². The summed E-state index contributed by atoms with van der Waals surface area (Å²) in [5.41, 5.74) is 4.90. The van der Waals surface area contributed by atoms with E-state index in [1.54, 1.807) is 41.8 Å². The second kappa shape index (κ2) is 11.2. The second-order valence-electron chi connectivity index (χ2n) is 6.71. The fraction of sp³-hybridized carbons (Fsp3) is 0.0870. The lowest BCUT2D eigenvalue weighted by molar-refractivity contribution is -0.118. The number of benzene rings is 3. The van der Waals surface area contributed by atoms with Crippen molar-refractivity contribution >= 4 is 80.2 Å². The third kappa shape index (κ3) is 6.40. The van der Waals surface area contributed by atoms with Gasteiger partial charge in [0.2, 0.25) is 0 Å². The molecule has 1 aromatic heterocycles. The molecule has 1 heterocycles. The molecule has 4 aromatic rings. The van der Waals surface area contributed by atoms with Crippen molar-refractivity contribution in [3.05, 3.63) is 86.9 Å². The minimum absolute atomic E-state index is 0.189. The molecule has 1 N–H and O–H groups in total. The van der Waals surface area contributed by atoms with Gasteiger partial charge in [0, 0.05) is 10.6 Å². The largest absolute Gasteiger partial charge is 0.489 e. The molecule has 0 fully saturated rings. The Morgan fingerprint density at radius 2 is 1.82 bits per heavy atom. The highest BCUT2D eigenvalue weighted by molar-refractivity contribution is 8.01. The van der Waals surface area contributed by atoms with Crippen LogP contribution in [0.4, 0.5) is 0 Å². The number of para-hydroxylation sites is 1. The number of rotatable bonds is 8. The summed E-state index contributed by atoms with van der Waals surface area (Å²) in [5.74, 6) is 0.666. The minimum atomic E-state index is -0.203. The van der Waals surface area contributed by atoms with Crippen LogP contribution in [0.25, 0.3) is 10.2 Å². The number of carbonyl (C=O) groups is 1. The summed E-state index contributed by atoms with van der Waals surface area (Å²) < 4.78 is 7.71. The first-order valence-corrected chi connectivity index (χ1v) is 12.6. The maximum absolute atomic E-state index is 12.1. The molecule has 4 rings (SSSR count). The quantitative estimate of drug-likeness (QED) is 0.113. The van der Waals surface area contributed by atoms with E-state index in [1.807, 2.05) is 36.4 Å². The Labute approximate surface area is 213 Å². The molecular weight excluding hydrogens is 521 g/mol. The van der Waals surface area contributed by atoms with Crippen molar-refractivity contribution in [2.75, 3.05) is 5.75 Å². The first kappa shape index (κ1) is 23.9. The SMILES string of the molecule is O=C(CSc1nc2ccccc2s1)N/N=C/c1ccc(OCc2c(Cl)ccc(Cl)c2Cl)cc1. The molecule has 0 aliphatic rings. The number of amides is 1. The number of thiazole rings is 1. The van der Waals surface area contributed by atoms with Gasteiger partial charge in [-0.25, -0.2) is 10.4 Å². The van der Waals surface area contributed by atoms with Crippen LogP contribution in [-0.4, -0.2) is 22.9 Å². The van der Waals surface area contributed by atoms with Gasteiger partial charge in [-0.15, -0.1) is 11.3 Å². The number of thioether (sulfide) groups is 1. The maximum atomic E-state index is 12.1. The Bertz CT molecular complexity index is 1280. The topological polar surface area (TPSA) is 63.6 Å². The van der Waals surface area contributed by atoms with E-state index < -0.39 is 0 Å². The zero-order valence-corrected chi connectivity index (χ0v) is 20.8. The highest BCUT2D eigenvalue weighted by Crippen LogP contribution is 2.32. The van der Waals surface area contributed by atoms with Crippen molar-refractivity contribution in [2.24, 2.45) is 5.10 Å². The number of hydrazone groups is 1. The molecular formula is C23H16Cl3N3O2S2. The van der Waals surface area contributed by atoms with Crippen molar-refractivity contribution in [3.63, 3.8) is 0 Å². The van der Waals surface area contributed by atoms with Gasteiger partial charge in [-0.2, -0.15) is 5.10 Å². The summed E-state index contributed by atoms with van der Waals surface area (Å²) >= 11 is 21.4. The molecule has 33 heavy (non-hydrogen) atoms. The van der Waals surface area contributed by atoms with Crippen LogP contribution in [0, 0.1) is 0 Å². The molecule has 168 valence electrons. The highest BCUT2D eigenvalue weighted by atomic mass is 35.5. The zero-order valence-electron chi connectivity index (χ0n) is 16.9. The lowest BCUT2D eigenvalue weighted by Gasteiger charge is -2.10. The van der Waals surface area contributed by atoms with Crippen LogP contribution in [0.2, 0.25) is 15.1 Å². The number of hydrogen-bond donors (Lipinski definition) is 1. The molecule has 0 spiro atoms. The molecule has 0 aliphatic heterocycles. The summed E-state index contributed by atoms with van der Waals surface area (Å²) in [7, 11) is 0. The highest BCUT2D eigenvalue weighted by Gasteiger charge is 2.10. The number of ether oxygens (including phenoxy) is 1. The Kier molecular flexibility index (Phi) is 8.11.